The number of rotatable bonds is 7. The van der Waals surface area contributed by atoms with Crippen molar-refractivity contribution in [3.63, 3.8) is 0 Å². The first-order valence-electron chi connectivity index (χ1n) is 7.33. The third-order valence-electron chi connectivity index (χ3n) is 3.95. The van der Waals surface area contributed by atoms with Crippen LogP contribution in [-0.2, 0) is 4.79 Å². The fraction of sp³-hybridized carbons (Fsp3) is 0.800. The molecule has 1 rings (SSSR count). The van der Waals surface area contributed by atoms with Crippen LogP contribution in [0.4, 0.5) is 0 Å². The fourth-order valence-electron chi connectivity index (χ4n) is 2.80. The lowest BCUT2D eigenvalue weighted by Gasteiger charge is -2.28. The highest BCUT2D eigenvalue weighted by molar-refractivity contribution is 5.86. The van der Waals surface area contributed by atoms with Gasteiger partial charge in [0.25, 0.3) is 0 Å². The predicted molar refractivity (Wildman–Crippen MR) is 74.7 cm³/mol. The lowest BCUT2D eigenvalue weighted by molar-refractivity contribution is -0.132. The molecule has 0 heterocycles. The Labute approximate surface area is 111 Å². The van der Waals surface area contributed by atoms with Crippen molar-refractivity contribution >= 4 is 5.97 Å². The van der Waals surface area contributed by atoms with Gasteiger partial charge in [-0.25, -0.2) is 4.79 Å². The number of carboxylic acids is 1. The van der Waals surface area contributed by atoms with Crippen LogP contribution in [0.5, 0.6) is 0 Å². The molecule has 18 heavy (non-hydrogen) atoms. The van der Waals surface area contributed by atoms with Crippen LogP contribution in [0.2, 0.25) is 0 Å². The summed E-state index contributed by atoms with van der Waals surface area (Å²) in [5.74, 6) is 0.139. The molecule has 1 fully saturated rings. The first-order valence-corrected chi connectivity index (χ1v) is 7.33. The van der Waals surface area contributed by atoms with E-state index < -0.39 is 5.97 Å². The lowest BCUT2D eigenvalue weighted by Crippen LogP contribution is -2.33. The zero-order chi connectivity index (χ0) is 13.4. The van der Waals surface area contributed by atoms with Gasteiger partial charge in [0.05, 0.1) is 0 Å². The Kier molecular flexibility index (Phi) is 7.02. The number of aliphatic carboxylic acids is 1. The van der Waals surface area contributed by atoms with Gasteiger partial charge in [0.2, 0.25) is 0 Å². The van der Waals surface area contributed by atoms with Crippen LogP contribution in [-0.4, -0.2) is 23.7 Å². The molecule has 0 spiro atoms. The first-order chi connectivity index (χ1) is 8.67. The number of hydrogen-bond acceptors (Lipinski definition) is 2. The standard InChI is InChI=1S/C15H27NO2/c1-3-5-12-6-8-14(9-7-12)16-11-10-13(4-2)15(17)18/h10,12,14,16H,3-9,11H2,1-2H3,(H,17,18)/b13-10-. The Morgan fingerprint density at radius 2 is 1.94 bits per heavy atom. The van der Waals surface area contributed by atoms with Crippen LogP contribution < -0.4 is 5.32 Å². The Morgan fingerprint density at radius 3 is 2.44 bits per heavy atom. The Morgan fingerprint density at radius 1 is 1.28 bits per heavy atom. The number of nitrogens with one attached hydrogen (secondary N) is 1. The van der Waals surface area contributed by atoms with Crippen molar-refractivity contribution in [3.8, 4) is 0 Å². The third-order valence-corrected chi connectivity index (χ3v) is 3.95. The van der Waals surface area contributed by atoms with Crippen LogP contribution in [0.15, 0.2) is 11.6 Å². The van der Waals surface area contributed by atoms with Gasteiger partial charge in [0.1, 0.15) is 0 Å². The van der Waals surface area contributed by atoms with Gasteiger partial charge < -0.3 is 10.4 Å². The highest BCUT2D eigenvalue weighted by Crippen LogP contribution is 2.27. The summed E-state index contributed by atoms with van der Waals surface area (Å²) in [6.45, 7) is 4.84. The van der Waals surface area contributed by atoms with Gasteiger partial charge in [0, 0.05) is 18.2 Å². The summed E-state index contributed by atoms with van der Waals surface area (Å²) in [4.78, 5) is 10.8. The van der Waals surface area contributed by atoms with Crippen LogP contribution in [0.1, 0.15) is 58.8 Å². The Balaban J connectivity index is 2.23. The van der Waals surface area contributed by atoms with Crippen molar-refractivity contribution in [1.82, 2.24) is 5.32 Å². The minimum atomic E-state index is -0.786. The summed E-state index contributed by atoms with van der Waals surface area (Å²) >= 11 is 0. The van der Waals surface area contributed by atoms with E-state index in [9.17, 15) is 4.79 Å². The molecule has 1 aliphatic rings. The van der Waals surface area contributed by atoms with Gasteiger partial charge in [0.15, 0.2) is 0 Å². The molecule has 0 aromatic heterocycles. The van der Waals surface area contributed by atoms with E-state index in [1.807, 2.05) is 13.0 Å². The molecule has 2 N–H and O–H groups in total. The zero-order valence-electron chi connectivity index (χ0n) is 11.7. The van der Waals surface area contributed by atoms with Crippen LogP contribution in [0.3, 0.4) is 0 Å². The number of hydrogen-bond donors (Lipinski definition) is 2. The van der Waals surface area contributed by atoms with Crippen LogP contribution >= 0.6 is 0 Å². The molecule has 3 heteroatoms. The molecule has 0 amide bonds. The van der Waals surface area contributed by atoms with Crippen molar-refractivity contribution in [3.05, 3.63) is 11.6 Å². The van der Waals surface area contributed by atoms with E-state index in [2.05, 4.69) is 12.2 Å². The summed E-state index contributed by atoms with van der Waals surface area (Å²) in [7, 11) is 0. The molecule has 1 aliphatic carbocycles. The van der Waals surface area contributed by atoms with E-state index in [-0.39, 0.29) is 0 Å². The number of carboxylic acid groups (broad SMARTS) is 1. The Bertz CT molecular complexity index is 278. The van der Waals surface area contributed by atoms with Gasteiger partial charge in [-0.3, -0.25) is 0 Å². The van der Waals surface area contributed by atoms with Crippen molar-refractivity contribution in [2.24, 2.45) is 5.92 Å². The zero-order valence-corrected chi connectivity index (χ0v) is 11.7. The van der Waals surface area contributed by atoms with E-state index in [0.717, 1.165) is 5.92 Å². The molecule has 1 saturated carbocycles. The molecule has 0 aliphatic heterocycles. The van der Waals surface area contributed by atoms with E-state index >= 15 is 0 Å². The van der Waals surface area contributed by atoms with Gasteiger partial charge in [-0.15, -0.1) is 0 Å². The highest BCUT2D eigenvalue weighted by atomic mass is 16.4. The third kappa shape index (κ3) is 5.21. The second-order valence-electron chi connectivity index (χ2n) is 5.30. The molecule has 3 nitrogen and oxygen atoms in total. The second kappa shape index (κ2) is 8.30. The summed E-state index contributed by atoms with van der Waals surface area (Å²) in [6.07, 6.45) is 10.2. The summed E-state index contributed by atoms with van der Waals surface area (Å²) in [5, 5.41) is 12.4. The maximum Gasteiger partial charge on any atom is 0.331 e. The molecular formula is C15H27NO2. The normalized spacial score (nSPS) is 25.1. The fourth-order valence-corrected chi connectivity index (χ4v) is 2.80. The molecule has 0 unspecified atom stereocenters. The molecular weight excluding hydrogens is 226 g/mol. The highest BCUT2D eigenvalue weighted by Gasteiger charge is 2.19. The van der Waals surface area contributed by atoms with E-state index in [0.29, 0.717) is 24.6 Å². The van der Waals surface area contributed by atoms with Crippen molar-refractivity contribution in [1.29, 1.82) is 0 Å². The first kappa shape index (κ1) is 15.2. The largest absolute Gasteiger partial charge is 0.478 e. The maximum atomic E-state index is 10.8. The monoisotopic (exact) mass is 253 g/mol. The summed E-state index contributed by atoms with van der Waals surface area (Å²) in [5.41, 5.74) is 0.516. The molecule has 0 aromatic rings. The van der Waals surface area contributed by atoms with Gasteiger partial charge >= 0.3 is 5.97 Å². The topological polar surface area (TPSA) is 49.3 Å². The van der Waals surface area contributed by atoms with E-state index in [1.165, 1.54) is 38.5 Å². The van der Waals surface area contributed by atoms with Crippen molar-refractivity contribution in [2.75, 3.05) is 6.54 Å². The van der Waals surface area contributed by atoms with Gasteiger partial charge in [-0.05, 0) is 38.0 Å². The maximum absolute atomic E-state index is 10.8. The Hall–Kier alpha value is -0.830. The quantitative estimate of drug-likeness (QED) is 0.684. The lowest BCUT2D eigenvalue weighted by atomic mass is 9.83. The summed E-state index contributed by atoms with van der Waals surface area (Å²) in [6, 6.07) is 0.584. The van der Waals surface area contributed by atoms with Gasteiger partial charge in [-0.1, -0.05) is 32.8 Å². The molecule has 104 valence electrons. The van der Waals surface area contributed by atoms with Crippen LogP contribution in [0, 0.1) is 5.92 Å². The average Bonchev–Trinajstić information content (AvgIpc) is 2.36. The molecule has 0 radical (unpaired) electrons. The average molecular weight is 253 g/mol. The molecule has 0 aromatic carbocycles. The smallest absolute Gasteiger partial charge is 0.331 e. The van der Waals surface area contributed by atoms with E-state index in [4.69, 9.17) is 5.11 Å². The van der Waals surface area contributed by atoms with Gasteiger partial charge in [-0.2, -0.15) is 0 Å². The van der Waals surface area contributed by atoms with Crippen molar-refractivity contribution < 1.29 is 9.90 Å². The molecule has 0 bridgehead atoms. The molecule has 0 atom stereocenters. The summed E-state index contributed by atoms with van der Waals surface area (Å²) < 4.78 is 0. The SMILES string of the molecule is CCCC1CCC(NC/C=C(/CC)C(=O)O)CC1. The number of carbonyl (C=O) groups is 1. The van der Waals surface area contributed by atoms with E-state index in [1.54, 1.807) is 0 Å². The molecule has 0 saturated heterocycles. The second-order valence-corrected chi connectivity index (χ2v) is 5.30. The van der Waals surface area contributed by atoms with Crippen molar-refractivity contribution in [2.45, 2.75) is 64.8 Å². The van der Waals surface area contributed by atoms with Crippen LogP contribution in [0.25, 0.3) is 0 Å². The minimum absolute atomic E-state index is 0.516. The predicted octanol–water partition coefficient (Wildman–Crippen LogP) is 3.36. The minimum Gasteiger partial charge on any atom is -0.478 e.